The lowest BCUT2D eigenvalue weighted by Gasteiger charge is -2.02. The van der Waals surface area contributed by atoms with Gasteiger partial charge in [0.05, 0.1) is 11.3 Å². The second kappa shape index (κ2) is 5.73. The van der Waals surface area contributed by atoms with E-state index in [1.165, 1.54) is 29.8 Å². The zero-order chi connectivity index (χ0) is 14.8. The van der Waals surface area contributed by atoms with Gasteiger partial charge in [0.2, 0.25) is 0 Å². The number of carbonyl (C=O) groups excluding carboxylic acids is 1. The Kier molecular flexibility index (Phi) is 3.79. The van der Waals surface area contributed by atoms with Crippen LogP contribution in [0, 0.1) is 5.82 Å². The third-order valence-corrected chi connectivity index (χ3v) is 4.35. The van der Waals surface area contributed by atoms with Crippen molar-refractivity contribution < 1.29 is 9.18 Å². The maximum atomic E-state index is 13.2. The highest BCUT2D eigenvalue weighted by atomic mass is 32.1. The van der Waals surface area contributed by atoms with Crippen LogP contribution in [-0.2, 0) is 13.0 Å². The predicted octanol–water partition coefficient (Wildman–Crippen LogP) is 3.47. The Morgan fingerprint density at radius 2 is 2.24 bits per heavy atom. The fraction of sp³-hybridized carbons (Fsp3) is 0.267. The smallest absolute Gasteiger partial charge is 0.180 e. The van der Waals surface area contributed by atoms with Gasteiger partial charge in [-0.15, -0.1) is 11.3 Å². The van der Waals surface area contributed by atoms with E-state index in [0.717, 1.165) is 23.1 Å². The zero-order valence-electron chi connectivity index (χ0n) is 11.5. The van der Waals surface area contributed by atoms with Crippen LogP contribution in [-0.4, -0.2) is 20.5 Å². The molecule has 0 fully saturated rings. The molecule has 4 nitrogen and oxygen atoms in total. The van der Waals surface area contributed by atoms with Crippen LogP contribution in [0.5, 0.6) is 0 Å². The van der Waals surface area contributed by atoms with Crippen molar-refractivity contribution in [3.8, 4) is 0 Å². The minimum Gasteiger partial charge on any atom is -0.293 e. The Morgan fingerprint density at radius 3 is 3.05 bits per heavy atom. The van der Waals surface area contributed by atoms with Gasteiger partial charge >= 0.3 is 0 Å². The minimum atomic E-state index is -0.286. The number of ketones is 1. The quantitative estimate of drug-likeness (QED) is 0.678. The number of hydrogen-bond donors (Lipinski definition) is 0. The summed E-state index contributed by atoms with van der Waals surface area (Å²) in [5, 5.41) is 5.00. The van der Waals surface area contributed by atoms with E-state index in [2.05, 4.69) is 10.1 Å². The van der Waals surface area contributed by atoms with Crippen LogP contribution in [0.2, 0.25) is 0 Å². The molecule has 0 aliphatic heterocycles. The molecule has 21 heavy (non-hydrogen) atoms. The number of Topliss-reactive ketones (excluding diaryl/α,β-unsaturated/α-hetero) is 1. The monoisotopic (exact) mass is 303 g/mol. The lowest BCUT2D eigenvalue weighted by atomic mass is 10.2. The molecule has 0 saturated carbocycles. The number of carbonyl (C=O) groups is 1. The molecule has 3 rings (SSSR count). The molecule has 0 unspecified atom stereocenters. The highest BCUT2D eigenvalue weighted by Crippen LogP contribution is 2.27. The van der Waals surface area contributed by atoms with Gasteiger partial charge in [-0.1, -0.05) is 13.0 Å². The molecule has 2 heterocycles. The molecule has 108 valence electrons. The molecule has 0 aliphatic carbocycles. The van der Waals surface area contributed by atoms with Gasteiger partial charge in [-0.25, -0.2) is 14.1 Å². The van der Waals surface area contributed by atoms with Gasteiger partial charge < -0.3 is 0 Å². The maximum absolute atomic E-state index is 13.2. The van der Waals surface area contributed by atoms with E-state index in [4.69, 9.17) is 0 Å². The Hall–Kier alpha value is -2.08. The SMILES string of the molecule is CCCn1ncnc1CC(=O)c1cc2ccc(F)cc2s1. The molecule has 0 bridgehead atoms. The molecule has 3 aromatic rings. The topological polar surface area (TPSA) is 47.8 Å². The number of hydrogen-bond acceptors (Lipinski definition) is 4. The van der Waals surface area contributed by atoms with Crippen LogP contribution in [0.4, 0.5) is 4.39 Å². The van der Waals surface area contributed by atoms with Crippen molar-refractivity contribution in [1.82, 2.24) is 14.8 Å². The van der Waals surface area contributed by atoms with E-state index >= 15 is 0 Å². The summed E-state index contributed by atoms with van der Waals surface area (Å²) in [5.41, 5.74) is 0. The number of aromatic nitrogens is 3. The summed E-state index contributed by atoms with van der Waals surface area (Å²) < 4.78 is 15.7. The molecule has 0 N–H and O–H groups in total. The molecular formula is C15H14FN3OS. The summed E-state index contributed by atoms with van der Waals surface area (Å²) in [5.74, 6) is 0.374. The second-order valence-electron chi connectivity index (χ2n) is 4.79. The first-order valence-corrected chi connectivity index (χ1v) is 7.58. The van der Waals surface area contributed by atoms with Crippen LogP contribution in [0.25, 0.3) is 10.1 Å². The van der Waals surface area contributed by atoms with E-state index in [1.807, 2.05) is 13.0 Å². The van der Waals surface area contributed by atoms with Crippen molar-refractivity contribution in [2.75, 3.05) is 0 Å². The molecule has 0 amide bonds. The van der Waals surface area contributed by atoms with E-state index in [1.54, 1.807) is 10.7 Å². The summed E-state index contributed by atoms with van der Waals surface area (Å²) in [6.45, 7) is 2.80. The fourth-order valence-electron chi connectivity index (χ4n) is 2.20. The predicted molar refractivity (Wildman–Crippen MR) is 80.1 cm³/mol. The van der Waals surface area contributed by atoms with Gasteiger partial charge in [0.15, 0.2) is 5.78 Å². The zero-order valence-corrected chi connectivity index (χ0v) is 12.4. The van der Waals surface area contributed by atoms with Gasteiger partial charge in [-0.2, -0.15) is 5.10 Å². The first-order chi connectivity index (χ1) is 10.2. The number of halogens is 1. The average Bonchev–Trinajstić information content (AvgIpc) is 3.06. The normalized spacial score (nSPS) is 11.1. The Morgan fingerprint density at radius 1 is 1.38 bits per heavy atom. The van der Waals surface area contributed by atoms with Crippen molar-refractivity contribution in [2.24, 2.45) is 0 Å². The summed E-state index contributed by atoms with van der Waals surface area (Å²) in [6, 6.07) is 6.36. The van der Waals surface area contributed by atoms with Crippen molar-refractivity contribution >= 4 is 27.2 Å². The number of rotatable bonds is 5. The highest BCUT2D eigenvalue weighted by molar-refractivity contribution is 7.20. The Labute approximate surface area is 125 Å². The molecular weight excluding hydrogens is 289 g/mol. The summed E-state index contributed by atoms with van der Waals surface area (Å²) in [4.78, 5) is 17.1. The first kappa shape index (κ1) is 13.9. The number of benzene rings is 1. The molecule has 0 spiro atoms. The van der Waals surface area contributed by atoms with Crippen molar-refractivity contribution in [1.29, 1.82) is 0 Å². The van der Waals surface area contributed by atoms with E-state index in [-0.39, 0.29) is 18.0 Å². The minimum absolute atomic E-state index is 0.0121. The largest absolute Gasteiger partial charge is 0.293 e. The summed E-state index contributed by atoms with van der Waals surface area (Å²) in [6.07, 6.45) is 2.63. The van der Waals surface area contributed by atoms with Gasteiger partial charge in [0.25, 0.3) is 0 Å². The van der Waals surface area contributed by atoms with Gasteiger partial charge in [0, 0.05) is 11.2 Å². The van der Waals surface area contributed by atoms with Crippen LogP contribution in [0.3, 0.4) is 0 Å². The number of aryl methyl sites for hydroxylation is 1. The van der Waals surface area contributed by atoms with Crippen LogP contribution in [0.1, 0.15) is 28.8 Å². The Bertz CT molecular complexity index is 793. The summed E-state index contributed by atoms with van der Waals surface area (Å²) >= 11 is 1.31. The summed E-state index contributed by atoms with van der Waals surface area (Å²) in [7, 11) is 0. The Balaban J connectivity index is 1.84. The lowest BCUT2D eigenvalue weighted by molar-refractivity contribution is 0.0993. The molecule has 0 radical (unpaired) electrons. The second-order valence-corrected chi connectivity index (χ2v) is 5.88. The third-order valence-electron chi connectivity index (χ3n) is 3.21. The van der Waals surface area contributed by atoms with Crippen molar-refractivity contribution in [3.05, 3.63) is 47.1 Å². The number of fused-ring (bicyclic) bond motifs is 1. The van der Waals surface area contributed by atoms with Gasteiger partial charge in [-0.05, 0) is 30.0 Å². The average molecular weight is 303 g/mol. The molecule has 0 saturated heterocycles. The number of thiophene rings is 1. The van der Waals surface area contributed by atoms with E-state index in [0.29, 0.717) is 10.7 Å². The van der Waals surface area contributed by atoms with Crippen molar-refractivity contribution in [2.45, 2.75) is 26.3 Å². The highest BCUT2D eigenvalue weighted by Gasteiger charge is 2.15. The molecule has 1 aromatic carbocycles. The van der Waals surface area contributed by atoms with Crippen LogP contribution >= 0.6 is 11.3 Å². The van der Waals surface area contributed by atoms with Gasteiger partial charge in [-0.3, -0.25) is 4.79 Å². The van der Waals surface area contributed by atoms with Crippen LogP contribution in [0.15, 0.2) is 30.6 Å². The van der Waals surface area contributed by atoms with Gasteiger partial charge in [0.1, 0.15) is 18.0 Å². The fourth-order valence-corrected chi connectivity index (χ4v) is 3.22. The molecule has 0 atom stereocenters. The van der Waals surface area contributed by atoms with Crippen molar-refractivity contribution in [3.63, 3.8) is 0 Å². The maximum Gasteiger partial charge on any atom is 0.180 e. The first-order valence-electron chi connectivity index (χ1n) is 6.76. The van der Waals surface area contributed by atoms with E-state index in [9.17, 15) is 9.18 Å². The third kappa shape index (κ3) is 2.85. The standard InChI is InChI=1S/C15H14FN3OS/c1-2-5-19-15(17-9-18-19)8-12(20)14-6-10-3-4-11(16)7-13(10)21-14/h3-4,6-7,9H,2,5,8H2,1H3. The number of nitrogens with zero attached hydrogens (tertiary/aromatic N) is 3. The lowest BCUT2D eigenvalue weighted by Crippen LogP contribution is -2.10. The molecule has 6 heteroatoms. The molecule has 2 aromatic heterocycles. The van der Waals surface area contributed by atoms with E-state index < -0.39 is 0 Å². The van der Waals surface area contributed by atoms with Crippen LogP contribution < -0.4 is 0 Å². The molecule has 0 aliphatic rings.